The summed E-state index contributed by atoms with van der Waals surface area (Å²) in [4.78, 5) is 0. The van der Waals surface area contributed by atoms with E-state index >= 15 is 0 Å². The fraction of sp³-hybridized carbons (Fsp3) is 0.455. The highest BCUT2D eigenvalue weighted by atomic mass is 16.5. The van der Waals surface area contributed by atoms with Crippen molar-refractivity contribution in [3.63, 3.8) is 0 Å². The second-order valence-corrected chi connectivity index (χ2v) is 5.70. The van der Waals surface area contributed by atoms with Gasteiger partial charge in [-0.1, -0.05) is 18.5 Å². The quantitative estimate of drug-likeness (QED) is 0.671. The third-order valence-electron chi connectivity index (χ3n) is 3.71. The van der Waals surface area contributed by atoms with Crippen LogP contribution < -0.4 is 14.2 Å². The molecule has 0 fully saturated rings. The van der Waals surface area contributed by atoms with Gasteiger partial charge in [-0.2, -0.15) is 0 Å². The highest BCUT2D eigenvalue weighted by Crippen LogP contribution is 2.28. The minimum absolute atomic E-state index is 0.0297. The molecule has 2 aromatic carbocycles. The van der Waals surface area contributed by atoms with Gasteiger partial charge in [0, 0.05) is 2.74 Å². The maximum Gasteiger partial charge on any atom is 0.160 e. The topological polar surface area (TPSA) is 47.9 Å². The standard InChI is InChI=1S/C22H30O4/c1-16-9-11-20(13-17(16)2)26-15-19(23)8-6-5-7-18-10-12-21(24-3)22(14-18)25-4/h9-14,19,23H,5-8,15H2,1-4H3/i4D3,7D2,9D,10D,11D,12D,13D,14D. The van der Waals surface area contributed by atoms with Gasteiger partial charge in [0.1, 0.15) is 12.4 Å². The van der Waals surface area contributed by atoms with Crippen LogP contribution in [0.4, 0.5) is 0 Å². The van der Waals surface area contributed by atoms with E-state index < -0.39 is 54.7 Å². The van der Waals surface area contributed by atoms with E-state index in [4.69, 9.17) is 29.3 Å². The third-order valence-corrected chi connectivity index (χ3v) is 3.71. The maximum absolute atomic E-state index is 10.3. The molecule has 0 aliphatic heterocycles. The van der Waals surface area contributed by atoms with Gasteiger partial charge in [0.25, 0.3) is 0 Å². The zero-order chi connectivity index (χ0) is 28.5. The molecule has 1 N–H and O–H groups in total. The molecule has 1 atom stereocenters. The second-order valence-electron chi connectivity index (χ2n) is 5.70. The van der Waals surface area contributed by atoms with Crippen LogP contribution in [0.15, 0.2) is 36.3 Å². The summed E-state index contributed by atoms with van der Waals surface area (Å²) in [5.74, 6) is -1.23. The Kier molecular flexibility index (Phi) is 3.74. The molecular formula is C22H30O4. The summed E-state index contributed by atoms with van der Waals surface area (Å²) >= 11 is 0. The zero-order valence-electron chi connectivity index (χ0n) is 26.1. The Bertz CT molecular complexity index is 1120. The summed E-state index contributed by atoms with van der Waals surface area (Å²) in [5, 5.41) is 10.3. The lowest BCUT2D eigenvalue weighted by Crippen LogP contribution is -2.17. The highest BCUT2D eigenvalue weighted by molar-refractivity contribution is 5.42. The van der Waals surface area contributed by atoms with Crippen molar-refractivity contribution in [1.29, 1.82) is 0 Å². The van der Waals surface area contributed by atoms with E-state index in [0.29, 0.717) is 11.1 Å². The average molecular weight is 370 g/mol. The van der Waals surface area contributed by atoms with E-state index in [1.165, 1.54) is 0 Å². The number of hydrogen-bond donors (Lipinski definition) is 1. The van der Waals surface area contributed by atoms with Crippen LogP contribution in [0.25, 0.3) is 0 Å². The molecule has 0 aliphatic carbocycles. The molecule has 0 spiro atoms. The van der Waals surface area contributed by atoms with Crippen LogP contribution in [0.2, 0.25) is 0 Å². The SMILES string of the molecule is [2H]c1c([2H])c(OCC(O)CCCC([2H])([2H])c2c([2H])c([2H])c(OC)c(OC([2H])([2H])[2H])c2[2H])c([2H])c(C)c1C. The van der Waals surface area contributed by atoms with Crippen LogP contribution in [0.3, 0.4) is 0 Å². The van der Waals surface area contributed by atoms with Crippen LogP contribution in [-0.2, 0) is 6.37 Å². The Morgan fingerprint density at radius 1 is 1.08 bits per heavy atom. The van der Waals surface area contributed by atoms with Crippen molar-refractivity contribution in [2.45, 2.75) is 45.6 Å². The highest BCUT2D eigenvalue weighted by Gasteiger charge is 2.07. The molecule has 4 nitrogen and oxygen atoms in total. The van der Waals surface area contributed by atoms with Gasteiger partial charge in [0.2, 0.25) is 0 Å². The Morgan fingerprint density at radius 2 is 1.92 bits per heavy atom. The summed E-state index contributed by atoms with van der Waals surface area (Å²) in [6.07, 6.45) is -3.64. The molecule has 0 aliphatic rings. The predicted molar refractivity (Wildman–Crippen MR) is 105 cm³/mol. The summed E-state index contributed by atoms with van der Waals surface area (Å²) in [5.41, 5.74) is 0.458. The van der Waals surface area contributed by atoms with Crippen molar-refractivity contribution in [3.05, 3.63) is 52.9 Å². The molecule has 0 saturated carbocycles. The van der Waals surface area contributed by atoms with Gasteiger partial charge >= 0.3 is 0 Å². The fourth-order valence-electron chi connectivity index (χ4n) is 2.11. The van der Waals surface area contributed by atoms with Crippen LogP contribution >= 0.6 is 0 Å². The number of methoxy groups -OCH3 is 2. The van der Waals surface area contributed by atoms with Crippen LogP contribution in [0, 0.1) is 13.8 Å². The van der Waals surface area contributed by atoms with Crippen molar-refractivity contribution < 1.29 is 34.4 Å². The largest absolute Gasteiger partial charge is 0.493 e. The summed E-state index contributed by atoms with van der Waals surface area (Å²) in [6, 6.07) is -2.35. The van der Waals surface area contributed by atoms with Gasteiger partial charge in [-0.05, 0) is 73.9 Å². The maximum atomic E-state index is 10.3. The summed E-state index contributed by atoms with van der Waals surface area (Å²) < 4.78 is 103. The summed E-state index contributed by atoms with van der Waals surface area (Å²) in [6.45, 7) is 2.97. The predicted octanol–water partition coefficient (Wildman–Crippen LogP) is 4.47. The van der Waals surface area contributed by atoms with Crippen LogP contribution in [-0.4, -0.2) is 32.0 Å². The number of rotatable bonds is 10. The first-order valence-electron chi connectivity index (χ1n) is 13.7. The number of ether oxygens (including phenoxy) is 3. The van der Waals surface area contributed by atoms with Crippen molar-refractivity contribution >= 4 is 0 Å². The van der Waals surface area contributed by atoms with Crippen molar-refractivity contribution in [2.24, 2.45) is 0 Å². The monoisotopic (exact) mass is 369 g/mol. The second kappa shape index (κ2) is 10.1. The van der Waals surface area contributed by atoms with Gasteiger partial charge in [-0.25, -0.2) is 0 Å². The fourth-order valence-corrected chi connectivity index (χ4v) is 2.11. The molecule has 0 aromatic heterocycles. The first-order chi connectivity index (χ1) is 16.9. The first-order valence-corrected chi connectivity index (χ1v) is 8.19. The molecule has 2 rings (SSSR count). The van der Waals surface area contributed by atoms with E-state index in [1.807, 2.05) is 0 Å². The van der Waals surface area contributed by atoms with Gasteiger partial charge in [0.05, 0.1) is 32.6 Å². The average Bonchev–Trinajstić information content (AvgIpc) is 2.79. The lowest BCUT2D eigenvalue weighted by Gasteiger charge is -2.13. The molecule has 0 amide bonds. The molecule has 1 unspecified atom stereocenters. The van der Waals surface area contributed by atoms with Crippen molar-refractivity contribution in [1.82, 2.24) is 0 Å². The molecule has 2 aromatic rings. The van der Waals surface area contributed by atoms with E-state index in [0.717, 1.165) is 7.11 Å². The molecular weight excluding hydrogens is 328 g/mol. The minimum atomic E-state index is -3.00. The molecule has 26 heavy (non-hydrogen) atoms. The number of hydrogen-bond acceptors (Lipinski definition) is 4. The van der Waals surface area contributed by atoms with E-state index in [2.05, 4.69) is 0 Å². The van der Waals surface area contributed by atoms with Gasteiger partial charge in [-0.3, -0.25) is 0 Å². The van der Waals surface area contributed by atoms with Crippen LogP contribution in [0.1, 0.15) is 51.0 Å². The van der Waals surface area contributed by atoms with Gasteiger partial charge in [0.15, 0.2) is 11.5 Å². The molecule has 0 heterocycles. The minimum Gasteiger partial charge on any atom is -0.493 e. The molecule has 142 valence electrons. The molecule has 0 radical (unpaired) electrons. The third kappa shape index (κ3) is 5.95. The lowest BCUT2D eigenvalue weighted by molar-refractivity contribution is 0.0976. The summed E-state index contributed by atoms with van der Waals surface area (Å²) in [7, 11) is -1.88. The van der Waals surface area contributed by atoms with Gasteiger partial charge in [-0.15, -0.1) is 0 Å². The molecule has 0 saturated heterocycles. The van der Waals surface area contributed by atoms with Crippen LogP contribution in [0.5, 0.6) is 17.2 Å². The van der Waals surface area contributed by atoms with E-state index in [1.54, 1.807) is 13.8 Å². The van der Waals surface area contributed by atoms with Gasteiger partial charge < -0.3 is 19.3 Å². The Hall–Kier alpha value is -2.20. The Morgan fingerprint density at radius 3 is 2.69 bits per heavy atom. The Labute approximate surface area is 172 Å². The number of aliphatic hydroxyl groups excluding tert-OH is 1. The number of benzene rings is 2. The number of aliphatic hydroxyl groups is 1. The lowest BCUT2D eigenvalue weighted by atomic mass is 10.0. The first kappa shape index (κ1) is 9.65. The van der Waals surface area contributed by atoms with E-state index in [-0.39, 0.29) is 49.7 Å². The molecule has 0 bridgehead atoms. The smallest absolute Gasteiger partial charge is 0.160 e. The normalized spacial score (nSPS) is 19.0. The zero-order valence-corrected chi connectivity index (χ0v) is 15.1. The van der Waals surface area contributed by atoms with Crippen molar-refractivity contribution in [3.8, 4) is 17.2 Å². The van der Waals surface area contributed by atoms with E-state index in [9.17, 15) is 5.11 Å². The Balaban J connectivity index is 2.17. The van der Waals surface area contributed by atoms with Crippen molar-refractivity contribution in [2.75, 3.05) is 20.8 Å². The molecule has 4 heteroatoms.